The molecule has 1 aliphatic carbocycles. The quantitative estimate of drug-likeness (QED) is 0.741. The van der Waals surface area contributed by atoms with Gasteiger partial charge in [-0.15, -0.1) is 0 Å². The lowest BCUT2D eigenvalue weighted by Gasteiger charge is -2.15. The lowest BCUT2D eigenvalue weighted by atomic mass is 10.1. The van der Waals surface area contributed by atoms with Gasteiger partial charge in [-0.3, -0.25) is 4.72 Å². The predicted octanol–water partition coefficient (Wildman–Crippen LogP) is 3.97. The summed E-state index contributed by atoms with van der Waals surface area (Å²) >= 11 is 0. The normalized spacial score (nSPS) is 32.8. The van der Waals surface area contributed by atoms with Crippen molar-refractivity contribution >= 4 is 10.0 Å². The maximum Gasteiger partial charge on any atom is 0.263 e. The highest BCUT2D eigenvalue weighted by molar-refractivity contribution is 7.93. The fourth-order valence-corrected chi connectivity index (χ4v) is 4.33. The molecule has 2 atom stereocenters. The molecule has 5 heteroatoms. The number of rotatable bonds is 2. The van der Waals surface area contributed by atoms with Crippen molar-refractivity contribution in [2.24, 2.45) is 11.8 Å². The van der Waals surface area contributed by atoms with Crippen molar-refractivity contribution in [2.75, 3.05) is 6.54 Å². The highest BCUT2D eigenvalue weighted by Crippen LogP contribution is 2.44. The van der Waals surface area contributed by atoms with Crippen molar-refractivity contribution in [2.45, 2.75) is 52.4 Å². The molecule has 134 valence electrons. The number of hydrogen-bond acceptors (Lipinski definition) is 3. The fourth-order valence-electron chi connectivity index (χ4n) is 2.97. The van der Waals surface area contributed by atoms with E-state index in [9.17, 15) is 8.42 Å². The summed E-state index contributed by atoms with van der Waals surface area (Å²) in [5.41, 5.74) is 1.30. The zero-order valence-corrected chi connectivity index (χ0v) is 15.7. The van der Waals surface area contributed by atoms with Crippen LogP contribution < -0.4 is 10.0 Å². The molecule has 0 spiro atoms. The maximum absolute atomic E-state index is 12.8. The summed E-state index contributed by atoms with van der Waals surface area (Å²) in [6.45, 7) is 8.58. The van der Waals surface area contributed by atoms with Gasteiger partial charge in [0.05, 0.1) is 0 Å². The van der Waals surface area contributed by atoms with E-state index in [0.29, 0.717) is 22.2 Å². The van der Waals surface area contributed by atoms with E-state index in [1.54, 1.807) is 6.08 Å². The molecule has 2 N–H and O–H groups in total. The molecule has 0 amide bonds. The molecule has 1 aliphatic heterocycles. The predicted molar refractivity (Wildman–Crippen MR) is 101 cm³/mol. The third-order valence-corrected chi connectivity index (χ3v) is 6.09. The third kappa shape index (κ3) is 5.26. The van der Waals surface area contributed by atoms with Gasteiger partial charge in [-0.25, -0.2) is 8.42 Å². The zero-order chi connectivity index (χ0) is 17.6. The van der Waals surface area contributed by atoms with Crippen LogP contribution in [0.2, 0.25) is 0 Å². The first-order valence-corrected chi connectivity index (χ1v) is 10.4. The van der Waals surface area contributed by atoms with Crippen molar-refractivity contribution in [3.05, 3.63) is 47.2 Å². The van der Waals surface area contributed by atoms with Gasteiger partial charge in [-0.2, -0.15) is 0 Å². The first-order valence-electron chi connectivity index (χ1n) is 8.95. The van der Waals surface area contributed by atoms with E-state index in [0.717, 1.165) is 38.6 Å². The van der Waals surface area contributed by atoms with Gasteiger partial charge in [-0.05, 0) is 51.0 Å². The molecule has 0 saturated heterocycles. The van der Waals surface area contributed by atoms with Gasteiger partial charge in [0, 0.05) is 23.9 Å². The number of fused-ring (bicyclic) bond motifs is 1. The summed E-state index contributed by atoms with van der Waals surface area (Å²) < 4.78 is 28.3. The van der Waals surface area contributed by atoms with E-state index in [1.165, 1.54) is 6.42 Å². The summed E-state index contributed by atoms with van der Waals surface area (Å²) in [5.74, 6) is 0.661. The minimum atomic E-state index is -3.60. The van der Waals surface area contributed by atoms with Crippen LogP contribution in [-0.4, -0.2) is 15.0 Å². The van der Waals surface area contributed by atoms with Crippen molar-refractivity contribution < 1.29 is 8.42 Å². The molecule has 0 aromatic heterocycles. The molecule has 0 radical (unpaired) electrons. The Morgan fingerprint density at radius 1 is 1.33 bits per heavy atom. The molecule has 2 rings (SSSR count). The van der Waals surface area contributed by atoms with E-state index in [1.807, 2.05) is 19.9 Å². The summed E-state index contributed by atoms with van der Waals surface area (Å²) in [4.78, 5) is 0.313. The second kappa shape index (κ2) is 8.56. The highest BCUT2D eigenvalue weighted by Gasteiger charge is 2.38. The van der Waals surface area contributed by atoms with Crippen LogP contribution in [0.4, 0.5) is 0 Å². The van der Waals surface area contributed by atoms with E-state index in [4.69, 9.17) is 0 Å². The average molecular weight is 351 g/mol. The smallest absolute Gasteiger partial charge is 0.263 e. The fraction of sp³-hybridized carbons (Fsp3) is 0.579. The zero-order valence-electron chi connectivity index (χ0n) is 14.8. The number of allylic oxidation sites excluding steroid dienone is 6. The van der Waals surface area contributed by atoms with Gasteiger partial charge in [0.2, 0.25) is 0 Å². The minimum Gasteiger partial charge on any atom is -0.387 e. The van der Waals surface area contributed by atoms with E-state index in [-0.39, 0.29) is 5.92 Å². The summed E-state index contributed by atoms with van der Waals surface area (Å²) in [7, 11) is -3.60. The van der Waals surface area contributed by atoms with Crippen LogP contribution in [-0.2, 0) is 10.0 Å². The molecule has 0 aromatic rings. The standard InChI is InChI=1S/C19H30N2O2S/c1-4-5-12-19-16(3)20-13-10-8-6-7-9-11-17-14-18(17)15(2)21-24(19,22)23/h5,9,11-12,17-18,20-21H,2,4,6-8,10,13-14H2,1,3H3/b11-9-,12-5-,19-16-/t17-,18-/m1/s1. The Morgan fingerprint density at radius 2 is 2.12 bits per heavy atom. The topological polar surface area (TPSA) is 58.2 Å². The van der Waals surface area contributed by atoms with Crippen LogP contribution in [0.25, 0.3) is 0 Å². The highest BCUT2D eigenvalue weighted by atomic mass is 32.2. The van der Waals surface area contributed by atoms with Crippen molar-refractivity contribution in [3.8, 4) is 0 Å². The average Bonchev–Trinajstić information content (AvgIpc) is 3.28. The molecule has 1 heterocycles. The Morgan fingerprint density at radius 3 is 2.88 bits per heavy atom. The first kappa shape index (κ1) is 18.8. The van der Waals surface area contributed by atoms with Crippen molar-refractivity contribution in [1.29, 1.82) is 0 Å². The summed E-state index contributed by atoms with van der Waals surface area (Å²) in [6.07, 6.45) is 14.3. The largest absolute Gasteiger partial charge is 0.387 e. The second-order valence-electron chi connectivity index (χ2n) is 6.64. The Hall–Kier alpha value is -1.49. The van der Waals surface area contributed by atoms with Gasteiger partial charge in [0.15, 0.2) is 0 Å². The van der Waals surface area contributed by atoms with Crippen LogP contribution in [0.5, 0.6) is 0 Å². The number of nitrogens with one attached hydrogen (secondary N) is 2. The Labute approximate surface area is 146 Å². The second-order valence-corrected chi connectivity index (χ2v) is 8.29. The van der Waals surface area contributed by atoms with Gasteiger partial charge in [-0.1, -0.05) is 38.2 Å². The molecule has 0 bridgehead atoms. The molecule has 2 aliphatic rings. The van der Waals surface area contributed by atoms with E-state index >= 15 is 0 Å². The van der Waals surface area contributed by atoms with Gasteiger partial charge < -0.3 is 5.32 Å². The molecular weight excluding hydrogens is 320 g/mol. The monoisotopic (exact) mass is 350 g/mol. The van der Waals surface area contributed by atoms with Crippen LogP contribution in [0, 0.1) is 11.8 Å². The van der Waals surface area contributed by atoms with Crippen molar-refractivity contribution in [3.63, 3.8) is 0 Å². The molecule has 0 unspecified atom stereocenters. The lowest BCUT2D eigenvalue weighted by molar-refractivity contribution is 0.591. The summed E-state index contributed by atoms with van der Waals surface area (Å²) in [6, 6.07) is 0. The molecule has 0 aromatic carbocycles. The molecule has 24 heavy (non-hydrogen) atoms. The Kier molecular flexibility index (Phi) is 6.72. The molecule has 1 fully saturated rings. The van der Waals surface area contributed by atoms with Crippen LogP contribution in [0.3, 0.4) is 0 Å². The van der Waals surface area contributed by atoms with Crippen LogP contribution >= 0.6 is 0 Å². The Bertz CT molecular complexity index is 644. The van der Waals surface area contributed by atoms with Gasteiger partial charge in [0.1, 0.15) is 4.91 Å². The number of hydrogen-bond donors (Lipinski definition) is 2. The van der Waals surface area contributed by atoms with Gasteiger partial charge in [0.25, 0.3) is 10.0 Å². The molecule has 4 nitrogen and oxygen atoms in total. The minimum absolute atomic E-state index is 0.228. The van der Waals surface area contributed by atoms with Gasteiger partial charge >= 0.3 is 0 Å². The maximum atomic E-state index is 12.8. The Balaban J connectivity index is 2.24. The molecule has 1 saturated carbocycles. The number of sulfonamides is 1. The van der Waals surface area contributed by atoms with Crippen LogP contribution in [0.1, 0.15) is 52.4 Å². The lowest BCUT2D eigenvalue weighted by Crippen LogP contribution is -2.27. The summed E-state index contributed by atoms with van der Waals surface area (Å²) in [5, 5.41) is 3.26. The first-order chi connectivity index (χ1) is 11.5. The van der Waals surface area contributed by atoms with E-state index < -0.39 is 10.0 Å². The van der Waals surface area contributed by atoms with Crippen molar-refractivity contribution in [1.82, 2.24) is 10.0 Å². The third-order valence-electron chi connectivity index (χ3n) is 4.54. The molecular formula is C19H30N2O2S. The SMILES string of the molecule is C=C1NS(=O)(=O)C(/C=C\CC)=C(/C)NCCCCC/C=C\[C@@H]2C[C@H]12. The van der Waals surface area contributed by atoms with E-state index in [2.05, 4.69) is 28.8 Å². The van der Waals surface area contributed by atoms with Crippen LogP contribution in [0.15, 0.2) is 47.2 Å².